The monoisotopic (exact) mass is 171 g/mol. The summed E-state index contributed by atoms with van der Waals surface area (Å²) in [6.45, 7) is 6.74. The molecule has 0 fully saturated rings. The summed E-state index contributed by atoms with van der Waals surface area (Å²) >= 11 is 2.04. The van der Waals surface area contributed by atoms with Crippen molar-refractivity contribution in [2.24, 2.45) is 0 Å². The van der Waals surface area contributed by atoms with Gasteiger partial charge in [-0.3, -0.25) is 0 Å². The fraction of sp³-hybridized carbons (Fsp3) is 0.778. The Morgan fingerprint density at radius 3 is 2.73 bits per heavy atom. The molecule has 1 aliphatic rings. The summed E-state index contributed by atoms with van der Waals surface area (Å²) in [4.78, 5) is 2.38. The first-order chi connectivity index (χ1) is 5.13. The molecule has 0 aromatic heterocycles. The largest absolute Gasteiger partial charge is 0.375 e. The van der Waals surface area contributed by atoms with Crippen LogP contribution in [0.1, 0.15) is 20.8 Å². The molecule has 0 N–H and O–H groups in total. The van der Waals surface area contributed by atoms with E-state index in [9.17, 15) is 0 Å². The second kappa shape index (κ2) is 3.53. The predicted molar refractivity (Wildman–Crippen MR) is 52.9 cm³/mol. The SMILES string of the molecule is CC1=C(C)N(C)C(C)CSC1. The van der Waals surface area contributed by atoms with Crippen molar-refractivity contribution >= 4 is 11.8 Å². The van der Waals surface area contributed by atoms with Gasteiger partial charge in [0.05, 0.1) is 0 Å². The van der Waals surface area contributed by atoms with E-state index in [1.807, 2.05) is 11.8 Å². The van der Waals surface area contributed by atoms with E-state index in [2.05, 4.69) is 32.7 Å². The Bertz CT molecular complexity index is 174. The number of hydrogen-bond donors (Lipinski definition) is 0. The third-order valence-corrected chi connectivity index (χ3v) is 3.84. The van der Waals surface area contributed by atoms with Gasteiger partial charge in [0.1, 0.15) is 0 Å². The van der Waals surface area contributed by atoms with Crippen LogP contribution in [0.2, 0.25) is 0 Å². The second-order valence-corrected chi connectivity index (χ2v) is 4.37. The van der Waals surface area contributed by atoms with Gasteiger partial charge in [-0.25, -0.2) is 0 Å². The molecule has 0 spiro atoms. The van der Waals surface area contributed by atoms with Gasteiger partial charge in [-0.15, -0.1) is 0 Å². The first kappa shape index (κ1) is 8.98. The molecular formula is C9H17NS. The average molecular weight is 171 g/mol. The molecule has 0 radical (unpaired) electrons. The molecule has 1 heterocycles. The van der Waals surface area contributed by atoms with Crippen LogP contribution in [0, 0.1) is 0 Å². The van der Waals surface area contributed by atoms with Crippen molar-refractivity contribution in [3.05, 3.63) is 11.3 Å². The van der Waals surface area contributed by atoms with Gasteiger partial charge in [-0.1, -0.05) is 0 Å². The molecule has 0 amide bonds. The fourth-order valence-corrected chi connectivity index (χ4v) is 2.43. The van der Waals surface area contributed by atoms with Gasteiger partial charge in [-0.2, -0.15) is 11.8 Å². The molecule has 0 saturated heterocycles. The molecule has 2 heteroatoms. The lowest BCUT2D eigenvalue weighted by Crippen LogP contribution is -2.28. The van der Waals surface area contributed by atoms with Gasteiger partial charge in [0, 0.05) is 30.3 Å². The van der Waals surface area contributed by atoms with Crippen LogP contribution in [-0.2, 0) is 0 Å². The van der Waals surface area contributed by atoms with E-state index >= 15 is 0 Å². The van der Waals surface area contributed by atoms with Crippen LogP contribution in [0.3, 0.4) is 0 Å². The molecule has 64 valence electrons. The molecule has 1 unspecified atom stereocenters. The lowest BCUT2D eigenvalue weighted by Gasteiger charge is -2.25. The highest BCUT2D eigenvalue weighted by Gasteiger charge is 2.14. The van der Waals surface area contributed by atoms with Crippen molar-refractivity contribution in [2.45, 2.75) is 26.8 Å². The van der Waals surface area contributed by atoms with Crippen LogP contribution in [0.15, 0.2) is 11.3 Å². The summed E-state index contributed by atoms with van der Waals surface area (Å²) in [7, 11) is 2.19. The maximum absolute atomic E-state index is 2.38. The third kappa shape index (κ3) is 1.92. The van der Waals surface area contributed by atoms with Gasteiger partial charge in [0.2, 0.25) is 0 Å². The summed E-state index contributed by atoms with van der Waals surface area (Å²) in [5.74, 6) is 2.46. The Morgan fingerprint density at radius 2 is 2.09 bits per heavy atom. The van der Waals surface area contributed by atoms with E-state index in [1.54, 1.807) is 0 Å². The molecule has 0 aliphatic carbocycles. The summed E-state index contributed by atoms with van der Waals surface area (Å²) in [6.07, 6.45) is 0. The van der Waals surface area contributed by atoms with Gasteiger partial charge in [-0.05, 0) is 26.3 Å². The van der Waals surface area contributed by atoms with Crippen LogP contribution >= 0.6 is 11.8 Å². The zero-order valence-electron chi connectivity index (χ0n) is 7.85. The highest BCUT2D eigenvalue weighted by molar-refractivity contribution is 7.99. The molecule has 1 rings (SSSR count). The summed E-state index contributed by atoms with van der Waals surface area (Å²) < 4.78 is 0. The predicted octanol–water partition coefficient (Wildman–Crippen LogP) is 2.35. The van der Waals surface area contributed by atoms with Crippen LogP contribution in [-0.4, -0.2) is 29.5 Å². The van der Waals surface area contributed by atoms with Crippen molar-refractivity contribution in [3.63, 3.8) is 0 Å². The van der Waals surface area contributed by atoms with E-state index in [0.717, 1.165) is 0 Å². The average Bonchev–Trinajstić information content (AvgIpc) is 2.07. The van der Waals surface area contributed by atoms with Crippen LogP contribution in [0.25, 0.3) is 0 Å². The first-order valence-electron chi connectivity index (χ1n) is 4.10. The summed E-state index contributed by atoms with van der Waals surface area (Å²) in [6, 6.07) is 0.692. The van der Waals surface area contributed by atoms with Crippen LogP contribution in [0.4, 0.5) is 0 Å². The van der Waals surface area contributed by atoms with E-state index in [4.69, 9.17) is 0 Å². The Kier molecular flexibility index (Phi) is 2.88. The van der Waals surface area contributed by atoms with Gasteiger partial charge in [0.15, 0.2) is 0 Å². The smallest absolute Gasteiger partial charge is 0.0345 e. The van der Waals surface area contributed by atoms with Crippen molar-refractivity contribution in [1.29, 1.82) is 0 Å². The standard InChI is InChI=1S/C9H17NS/c1-7-5-11-6-8(2)10(4)9(7)3/h8H,5-6H2,1-4H3. The summed E-state index contributed by atoms with van der Waals surface area (Å²) in [5, 5.41) is 0. The van der Waals surface area contributed by atoms with E-state index in [1.165, 1.54) is 22.8 Å². The van der Waals surface area contributed by atoms with Crippen molar-refractivity contribution in [1.82, 2.24) is 4.90 Å². The summed E-state index contributed by atoms with van der Waals surface area (Å²) in [5.41, 5.74) is 2.99. The molecule has 0 aromatic rings. The van der Waals surface area contributed by atoms with Gasteiger partial charge >= 0.3 is 0 Å². The van der Waals surface area contributed by atoms with Crippen molar-refractivity contribution < 1.29 is 0 Å². The molecule has 1 aliphatic heterocycles. The Morgan fingerprint density at radius 1 is 1.45 bits per heavy atom. The van der Waals surface area contributed by atoms with E-state index in [0.29, 0.717) is 6.04 Å². The van der Waals surface area contributed by atoms with Gasteiger partial charge in [0.25, 0.3) is 0 Å². The van der Waals surface area contributed by atoms with Crippen molar-refractivity contribution in [3.8, 4) is 0 Å². The van der Waals surface area contributed by atoms with Crippen LogP contribution in [0.5, 0.6) is 0 Å². The molecule has 0 bridgehead atoms. The Hall–Kier alpha value is -0.110. The maximum atomic E-state index is 2.38. The highest BCUT2D eigenvalue weighted by atomic mass is 32.2. The quantitative estimate of drug-likeness (QED) is 0.550. The van der Waals surface area contributed by atoms with E-state index in [-0.39, 0.29) is 0 Å². The lowest BCUT2D eigenvalue weighted by molar-refractivity contribution is 0.349. The number of nitrogens with zero attached hydrogens (tertiary/aromatic N) is 1. The van der Waals surface area contributed by atoms with E-state index < -0.39 is 0 Å². The zero-order valence-corrected chi connectivity index (χ0v) is 8.66. The molecular weight excluding hydrogens is 154 g/mol. The minimum Gasteiger partial charge on any atom is -0.375 e. The highest BCUT2D eigenvalue weighted by Crippen LogP contribution is 2.22. The van der Waals surface area contributed by atoms with Crippen LogP contribution < -0.4 is 0 Å². The van der Waals surface area contributed by atoms with Gasteiger partial charge < -0.3 is 4.90 Å². The topological polar surface area (TPSA) is 3.24 Å². The molecule has 1 atom stereocenters. The third-order valence-electron chi connectivity index (χ3n) is 2.49. The number of rotatable bonds is 0. The zero-order chi connectivity index (χ0) is 8.43. The molecule has 11 heavy (non-hydrogen) atoms. The minimum atomic E-state index is 0.692. The number of thioether (sulfide) groups is 1. The van der Waals surface area contributed by atoms with Crippen molar-refractivity contribution in [2.75, 3.05) is 18.6 Å². The maximum Gasteiger partial charge on any atom is 0.0345 e. The number of hydrogen-bond acceptors (Lipinski definition) is 2. The fourth-order valence-electron chi connectivity index (χ4n) is 1.23. The Labute approximate surface area is 73.8 Å². The first-order valence-corrected chi connectivity index (χ1v) is 5.25. The number of allylic oxidation sites excluding steroid dienone is 1. The molecule has 1 nitrogen and oxygen atoms in total. The second-order valence-electron chi connectivity index (χ2n) is 3.34. The Balaban J connectivity index is 2.78. The normalized spacial score (nSPS) is 27.3. The molecule has 0 saturated carbocycles. The minimum absolute atomic E-state index is 0.692. The molecule has 0 aromatic carbocycles. The lowest BCUT2D eigenvalue weighted by atomic mass is 10.2.